The molecule has 1 fully saturated rings. The lowest BCUT2D eigenvalue weighted by Gasteiger charge is -2.35. The molecular weight excluding hydrogens is 356 g/mol. The van der Waals surface area contributed by atoms with E-state index in [0.717, 1.165) is 29.8 Å². The van der Waals surface area contributed by atoms with Gasteiger partial charge < -0.3 is 9.47 Å². The van der Waals surface area contributed by atoms with E-state index in [0.29, 0.717) is 25.2 Å². The first-order valence-corrected chi connectivity index (χ1v) is 9.50. The summed E-state index contributed by atoms with van der Waals surface area (Å²) in [5.41, 5.74) is 1.57. The van der Waals surface area contributed by atoms with Crippen LogP contribution in [0.25, 0.3) is 10.9 Å². The zero-order valence-corrected chi connectivity index (χ0v) is 16.1. The molecule has 0 aliphatic carbocycles. The quantitative estimate of drug-likeness (QED) is 0.683. The van der Waals surface area contributed by atoms with Crippen LogP contribution in [0.3, 0.4) is 0 Å². The number of carbonyl (C=O) groups excluding carboxylic acids is 2. The molecular formula is C20H24N6O2. The molecule has 2 aromatic heterocycles. The molecule has 1 amide bonds. The monoisotopic (exact) mass is 380 g/mol. The average molecular weight is 380 g/mol. The zero-order valence-electron chi connectivity index (χ0n) is 16.1. The van der Waals surface area contributed by atoms with Gasteiger partial charge in [0.2, 0.25) is 5.91 Å². The number of aromatic nitrogens is 4. The van der Waals surface area contributed by atoms with Gasteiger partial charge in [0.05, 0.1) is 6.54 Å². The van der Waals surface area contributed by atoms with Crippen LogP contribution in [0.1, 0.15) is 36.1 Å². The molecule has 1 saturated heterocycles. The summed E-state index contributed by atoms with van der Waals surface area (Å²) in [6.07, 6.45) is 3.32. The maximum atomic E-state index is 13.1. The van der Waals surface area contributed by atoms with Crippen LogP contribution in [0.15, 0.2) is 36.8 Å². The predicted molar refractivity (Wildman–Crippen MR) is 105 cm³/mol. The first-order chi connectivity index (χ1) is 13.5. The third-order valence-corrected chi connectivity index (χ3v) is 5.42. The number of piperazine rings is 1. The summed E-state index contributed by atoms with van der Waals surface area (Å²) in [5.74, 6) is 0.925. The van der Waals surface area contributed by atoms with Gasteiger partial charge in [-0.15, -0.1) is 0 Å². The largest absolute Gasteiger partial charge is 0.338 e. The first kappa shape index (κ1) is 18.4. The summed E-state index contributed by atoms with van der Waals surface area (Å²) in [6.45, 7) is 7.12. The standard InChI is InChI=1S/C20H24N6O2/c1-14(26-11-17(15(2)27)16-5-3-4-6-18(16)26)20(28)25-9-7-24(8-10-25)12-19-21-13-22-23-19/h3-6,11,13-14H,7-10,12H2,1-2H3,(H,21,22,23)/t14-/m1/s1. The highest BCUT2D eigenvalue weighted by Gasteiger charge is 2.27. The Labute approximate surface area is 163 Å². The molecule has 8 heteroatoms. The van der Waals surface area contributed by atoms with Crippen molar-refractivity contribution in [3.63, 3.8) is 0 Å². The Morgan fingerprint density at radius 3 is 2.61 bits per heavy atom. The number of ketones is 1. The molecule has 3 aromatic rings. The molecule has 1 aliphatic rings. The third kappa shape index (κ3) is 3.43. The van der Waals surface area contributed by atoms with E-state index < -0.39 is 0 Å². The molecule has 146 valence electrons. The van der Waals surface area contributed by atoms with Gasteiger partial charge in [-0.1, -0.05) is 18.2 Å². The molecule has 0 saturated carbocycles. The fourth-order valence-corrected chi connectivity index (χ4v) is 3.83. The minimum atomic E-state index is -0.362. The van der Waals surface area contributed by atoms with Gasteiger partial charge in [-0.2, -0.15) is 5.10 Å². The van der Waals surface area contributed by atoms with Gasteiger partial charge in [-0.05, 0) is 19.9 Å². The van der Waals surface area contributed by atoms with E-state index in [-0.39, 0.29) is 17.7 Å². The van der Waals surface area contributed by atoms with Crippen molar-refractivity contribution in [2.24, 2.45) is 0 Å². The van der Waals surface area contributed by atoms with Crippen LogP contribution < -0.4 is 0 Å². The van der Waals surface area contributed by atoms with Crippen molar-refractivity contribution in [1.82, 2.24) is 29.5 Å². The van der Waals surface area contributed by atoms with Gasteiger partial charge >= 0.3 is 0 Å². The fourth-order valence-electron chi connectivity index (χ4n) is 3.83. The number of hydrogen-bond donors (Lipinski definition) is 1. The number of amides is 1. The van der Waals surface area contributed by atoms with Crippen molar-refractivity contribution >= 4 is 22.6 Å². The number of aromatic amines is 1. The van der Waals surface area contributed by atoms with Gasteiger partial charge in [0, 0.05) is 48.8 Å². The molecule has 1 atom stereocenters. The predicted octanol–water partition coefficient (Wildman–Crippen LogP) is 1.87. The van der Waals surface area contributed by atoms with Crippen molar-refractivity contribution in [2.45, 2.75) is 26.4 Å². The Bertz CT molecular complexity index is 985. The Balaban J connectivity index is 1.47. The van der Waals surface area contributed by atoms with Crippen LogP contribution in [-0.2, 0) is 11.3 Å². The highest BCUT2D eigenvalue weighted by molar-refractivity contribution is 6.07. The van der Waals surface area contributed by atoms with Crippen LogP contribution >= 0.6 is 0 Å². The second kappa shape index (κ2) is 7.55. The number of para-hydroxylation sites is 1. The number of benzene rings is 1. The number of fused-ring (bicyclic) bond motifs is 1. The van der Waals surface area contributed by atoms with Gasteiger partial charge in [-0.3, -0.25) is 19.6 Å². The molecule has 0 bridgehead atoms. The van der Waals surface area contributed by atoms with Gasteiger partial charge in [0.15, 0.2) is 5.78 Å². The van der Waals surface area contributed by atoms with E-state index in [1.165, 1.54) is 6.33 Å². The van der Waals surface area contributed by atoms with Crippen LogP contribution in [0.2, 0.25) is 0 Å². The fraction of sp³-hybridized carbons (Fsp3) is 0.400. The summed E-state index contributed by atoms with van der Waals surface area (Å²) in [6, 6.07) is 7.38. The maximum Gasteiger partial charge on any atom is 0.245 e. The Morgan fingerprint density at radius 1 is 1.18 bits per heavy atom. The minimum absolute atomic E-state index is 0.00984. The summed E-state index contributed by atoms with van der Waals surface area (Å²) >= 11 is 0. The molecule has 3 heterocycles. The van der Waals surface area contributed by atoms with Crippen molar-refractivity contribution in [3.8, 4) is 0 Å². The molecule has 0 radical (unpaired) electrons. The van der Waals surface area contributed by atoms with Crippen LogP contribution in [0, 0.1) is 0 Å². The van der Waals surface area contributed by atoms with E-state index in [1.807, 2.05) is 46.9 Å². The lowest BCUT2D eigenvalue weighted by molar-refractivity contribution is -0.136. The van der Waals surface area contributed by atoms with E-state index in [4.69, 9.17) is 0 Å². The van der Waals surface area contributed by atoms with Crippen molar-refractivity contribution in [3.05, 3.63) is 48.2 Å². The van der Waals surface area contributed by atoms with E-state index >= 15 is 0 Å². The van der Waals surface area contributed by atoms with Gasteiger partial charge in [0.1, 0.15) is 18.2 Å². The number of nitrogens with zero attached hydrogens (tertiary/aromatic N) is 5. The number of Topliss-reactive ketones (excluding diaryl/α,β-unsaturated/α-hetero) is 1. The normalized spacial score (nSPS) is 16.4. The zero-order chi connectivity index (χ0) is 19.7. The molecule has 1 N–H and O–H groups in total. The van der Waals surface area contributed by atoms with Gasteiger partial charge in [0.25, 0.3) is 0 Å². The van der Waals surface area contributed by atoms with E-state index in [9.17, 15) is 9.59 Å². The van der Waals surface area contributed by atoms with Gasteiger partial charge in [-0.25, -0.2) is 4.98 Å². The Hall–Kier alpha value is -3.00. The van der Waals surface area contributed by atoms with Crippen LogP contribution in [0.4, 0.5) is 0 Å². The Morgan fingerprint density at radius 2 is 1.93 bits per heavy atom. The lowest BCUT2D eigenvalue weighted by atomic mass is 10.1. The van der Waals surface area contributed by atoms with Crippen molar-refractivity contribution in [1.29, 1.82) is 0 Å². The second-order valence-electron chi connectivity index (χ2n) is 7.23. The molecule has 0 spiro atoms. The van der Waals surface area contributed by atoms with E-state index in [2.05, 4.69) is 20.1 Å². The molecule has 8 nitrogen and oxygen atoms in total. The molecule has 4 rings (SSSR count). The third-order valence-electron chi connectivity index (χ3n) is 5.42. The SMILES string of the molecule is CC(=O)c1cn([C@H](C)C(=O)N2CCN(Cc3ncn[nH]3)CC2)c2ccccc12. The topological polar surface area (TPSA) is 87.1 Å². The number of nitrogens with one attached hydrogen (secondary N) is 1. The number of H-pyrrole nitrogens is 1. The summed E-state index contributed by atoms with van der Waals surface area (Å²) in [4.78, 5) is 33.4. The van der Waals surface area contributed by atoms with Crippen LogP contribution in [-0.4, -0.2) is 67.4 Å². The minimum Gasteiger partial charge on any atom is -0.338 e. The summed E-state index contributed by atoms with van der Waals surface area (Å²) in [5, 5.41) is 7.64. The van der Waals surface area contributed by atoms with Crippen LogP contribution in [0.5, 0.6) is 0 Å². The van der Waals surface area contributed by atoms with Crippen molar-refractivity contribution in [2.75, 3.05) is 26.2 Å². The highest BCUT2D eigenvalue weighted by atomic mass is 16.2. The second-order valence-corrected chi connectivity index (χ2v) is 7.23. The molecule has 0 unspecified atom stereocenters. The molecule has 1 aliphatic heterocycles. The lowest BCUT2D eigenvalue weighted by Crippen LogP contribution is -2.50. The molecule has 1 aromatic carbocycles. The number of carbonyl (C=O) groups is 2. The molecule has 28 heavy (non-hydrogen) atoms. The smallest absolute Gasteiger partial charge is 0.245 e. The Kier molecular flexibility index (Phi) is 4.95. The highest BCUT2D eigenvalue weighted by Crippen LogP contribution is 2.26. The average Bonchev–Trinajstić information content (AvgIpc) is 3.35. The first-order valence-electron chi connectivity index (χ1n) is 9.50. The summed E-state index contributed by atoms with van der Waals surface area (Å²) < 4.78 is 1.93. The summed E-state index contributed by atoms with van der Waals surface area (Å²) in [7, 11) is 0. The van der Waals surface area contributed by atoms with Crippen molar-refractivity contribution < 1.29 is 9.59 Å². The van der Waals surface area contributed by atoms with E-state index in [1.54, 1.807) is 6.92 Å². The number of rotatable bonds is 5. The number of hydrogen-bond acceptors (Lipinski definition) is 5. The maximum absolute atomic E-state index is 13.1.